The lowest BCUT2D eigenvalue weighted by Gasteiger charge is -2.29. The molecule has 5 nitrogen and oxygen atoms in total. The molecule has 0 bridgehead atoms. The highest BCUT2D eigenvalue weighted by Gasteiger charge is 2.25. The molecular weight excluding hydrogens is 256 g/mol. The molecule has 0 unspecified atom stereocenters. The fourth-order valence-corrected chi connectivity index (χ4v) is 2.49. The Balaban J connectivity index is 1.79. The Hall–Kier alpha value is -1.49. The lowest BCUT2D eigenvalue weighted by atomic mass is 9.97. The summed E-state index contributed by atoms with van der Waals surface area (Å²) in [6, 6.07) is 3.98. The van der Waals surface area contributed by atoms with E-state index in [1.165, 1.54) is 12.8 Å². The molecule has 0 amide bonds. The zero-order chi connectivity index (χ0) is 14.4. The summed E-state index contributed by atoms with van der Waals surface area (Å²) >= 11 is 0. The van der Waals surface area contributed by atoms with Gasteiger partial charge in [-0.25, -0.2) is 0 Å². The number of unbranched alkanes of at least 4 members (excludes halogenated alkanes) is 1. The predicted octanol–water partition coefficient (Wildman–Crippen LogP) is 2.47. The number of piperidine rings is 1. The molecule has 2 heterocycles. The summed E-state index contributed by atoms with van der Waals surface area (Å²) in [6.07, 6.45) is 3.76. The molecule has 1 aromatic heterocycles. The molecule has 1 aromatic rings. The topological polar surface area (TPSA) is 65.7 Å². The lowest BCUT2D eigenvalue weighted by Crippen LogP contribution is -2.36. The molecule has 1 aliphatic heterocycles. The van der Waals surface area contributed by atoms with E-state index in [-0.39, 0.29) is 5.92 Å². The normalized spacial score (nSPS) is 16.6. The van der Waals surface area contributed by atoms with Crippen molar-refractivity contribution in [1.82, 2.24) is 5.32 Å². The number of anilines is 1. The summed E-state index contributed by atoms with van der Waals surface area (Å²) in [5.74, 6) is 0.930. The quantitative estimate of drug-likeness (QED) is 0.751. The van der Waals surface area contributed by atoms with Gasteiger partial charge in [-0.2, -0.15) is 0 Å². The minimum absolute atomic E-state index is 0.198. The number of nitrogens with zero attached hydrogens (tertiary/aromatic N) is 1. The van der Waals surface area contributed by atoms with E-state index in [4.69, 9.17) is 9.52 Å². The maximum Gasteiger partial charge on any atom is 0.306 e. The second-order valence-corrected chi connectivity index (χ2v) is 5.37. The van der Waals surface area contributed by atoms with Crippen molar-refractivity contribution < 1.29 is 14.3 Å². The first kappa shape index (κ1) is 14.9. The van der Waals surface area contributed by atoms with Gasteiger partial charge in [0.05, 0.1) is 12.5 Å². The van der Waals surface area contributed by atoms with E-state index in [1.807, 2.05) is 12.1 Å². The summed E-state index contributed by atoms with van der Waals surface area (Å²) in [7, 11) is 0. The second-order valence-electron chi connectivity index (χ2n) is 5.37. The van der Waals surface area contributed by atoms with Crippen LogP contribution in [0.3, 0.4) is 0 Å². The number of hydrogen-bond donors (Lipinski definition) is 2. The predicted molar refractivity (Wildman–Crippen MR) is 77.9 cm³/mol. The van der Waals surface area contributed by atoms with Gasteiger partial charge in [0.2, 0.25) is 0 Å². The highest BCUT2D eigenvalue weighted by atomic mass is 16.4. The van der Waals surface area contributed by atoms with Crippen LogP contribution in [0.5, 0.6) is 0 Å². The molecular formula is C15H24N2O3. The molecule has 5 heteroatoms. The van der Waals surface area contributed by atoms with Gasteiger partial charge in [-0.05, 0) is 31.9 Å². The van der Waals surface area contributed by atoms with Crippen molar-refractivity contribution in [3.63, 3.8) is 0 Å². The largest absolute Gasteiger partial charge is 0.481 e. The van der Waals surface area contributed by atoms with Crippen molar-refractivity contribution in [2.24, 2.45) is 5.92 Å². The molecule has 2 rings (SSSR count). The monoisotopic (exact) mass is 280 g/mol. The fourth-order valence-electron chi connectivity index (χ4n) is 2.49. The van der Waals surface area contributed by atoms with E-state index in [0.717, 1.165) is 37.8 Å². The number of furan rings is 1. The van der Waals surface area contributed by atoms with Gasteiger partial charge < -0.3 is 19.7 Å². The molecule has 2 N–H and O–H groups in total. The van der Waals surface area contributed by atoms with Crippen LogP contribution in [-0.2, 0) is 11.3 Å². The number of carboxylic acids is 1. The van der Waals surface area contributed by atoms with Gasteiger partial charge in [0.1, 0.15) is 5.76 Å². The van der Waals surface area contributed by atoms with Crippen molar-refractivity contribution >= 4 is 11.9 Å². The molecule has 112 valence electrons. The molecule has 0 spiro atoms. The Kier molecular flexibility index (Phi) is 5.47. The van der Waals surface area contributed by atoms with Crippen LogP contribution in [0.2, 0.25) is 0 Å². The molecule has 1 saturated heterocycles. The van der Waals surface area contributed by atoms with E-state index in [9.17, 15) is 4.79 Å². The summed E-state index contributed by atoms with van der Waals surface area (Å²) in [5, 5.41) is 12.3. The molecule has 1 aliphatic rings. The van der Waals surface area contributed by atoms with E-state index < -0.39 is 5.97 Å². The average molecular weight is 280 g/mol. The summed E-state index contributed by atoms with van der Waals surface area (Å²) in [6.45, 7) is 5.45. The number of hydrogen-bond acceptors (Lipinski definition) is 4. The summed E-state index contributed by atoms with van der Waals surface area (Å²) in [5.41, 5.74) is 0. The van der Waals surface area contributed by atoms with Gasteiger partial charge >= 0.3 is 5.97 Å². The number of carbonyl (C=O) groups is 1. The van der Waals surface area contributed by atoms with Crippen LogP contribution < -0.4 is 10.2 Å². The molecule has 0 saturated carbocycles. The first-order chi connectivity index (χ1) is 9.70. The minimum Gasteiger partial charge on any atom is -0.481 e. The maximum absolute atomic E-state index is 10.9. The van der Waals surface area contributed by atoms with Gasteiger partial charge in [-0.3, -0.25) is 4.79 Å². The van der Waals surface area contributed by atoms with Gasteiger partial charge in [0.15, 0.2) is 5.88 Å². The van der Waals surface area contributed by atoms with Gasteiger partial charge in [0, 0.05) is 19.2 Å². The van der Waals surface area contributed by atoms with Crippen LogP contribution in [0.15, 0.2) is 16.5 Å². The highest BCUT2D eigenvalue weighted by Crippen LogP contribution is 2.25. The third-order valence-corrected chi connectivity index (χ3v) is 3.81. The van der Waals surface area contributed by atoms with Gasteiger partial charge in [-0.1, -0.05) is 13.3 Å². The number of carboxylic acid groups (broad SMARTS) is 1. The number of aliphatic carboxylic acids is 1. The number of nitrogens with one attached hydrogen (secondary N) is 1. The Morgan fingerprint density at radius 2 is 2.20 bits per heavy atom. The van der Waals surface area contributed by atoms with Crippen LogP contribution in [0.1, 0.15) is 38.4 Å². The molecule has 0 aliphatic carbocycles. The zero-order valence-corrected chi connectivity index (χ0v) is 12.1. The fraction of sp³-hybridized carbons (Fsp3) is 0.667. The van der Waals surface area contributed by atoms with Crippen LogP contribution in [0, 0.1) is 5.92 Å². The van der Waals surface area contributed by atoms with E-state index in [0.29, 0.717) is 12.8 Å². The van der Waals surface area contributed by atoms with Crippen LogP contribution in [0.4, 0.5) is 5.88 Å². The Morgan fingerprint density at radius 1 is 1.45 bits per heavy atom. The van der Waals surface area contributed by atoms with Crippen molar-refractivity contribution in [1.29, 1.82) is 0 Å². The van der Waals surface area contributed by atoms with Crippen LogP contribution >= 0.6 is 0 Å². The Morgan fingerprint density at radius 3 is 2.85 bits per heavy atom. The molecule has 0 radical (unpaired) electrons. The summed E-state index contributed by atoms with van der Waals surface area (Å²) in [4.78, 5) is 13.1. The molecule has 0 atom stereocenters. The second kappa shape index (κ2) is 7.33. The molecule has 0 aromatic carbocycles. The first-order valence-corrected chi connectivity index (χ1v) is 7.48. The van der Waals surface area contributed by atoms with E-state index in [1.54, 1.807) is 0 Å². The standard InChI is InChI=1S/C15H24N2O3/c1-2-3-8-16-11-13-4-5-14(20-13)17-9-6-12(7-10-17)15(18)19/h4-5,12,16H,2-3,6-11H2,1H3,(H,18,19). The van der Waals surface area contributed by atoms with Crippen molar-refractivity contribution in [2.75, 3.05) is 24.5 Å². The summed E-state index contributed by atoms with van der Waals surface area (Å²) < 4.78 is 5.82. The van der Waals surface area contributed by atoms with E-state index in [2.05, 4.69) is 17.1 Å². The zero-order valence-electron chi connectivity index (χ0n) is 12.1. The van der Waals surface area contributed by atoms with Crippen molar-refractivity contribution in [3.05, 3.63) is 17.9 Å². The lowest BCUT2D eigenvalue weighted by molar-refractivity contribution is -0.142. The smallest absolute Gasteiger partial charge is 0.306 e. The first-order valence-electron chi connectivity index (χ1n) is 7.48. The van der Waals surface area contributed by atoms with Crippen LogP contribution in [0.25, 0.3) is 0 Å². The molecule has 1 fully saturated rings. The Bertz CT molecular complexity index is 423. The van der Waals surface area contributed by atoms with Crippen LogP contribution in [-0.4, -0.2) is 30.7 Å². The average Bonchev–Trinajstić information content (AvgIpc) is 2.92. The highest BCUT2D eigenvalue weighted by molar-refractivity contribution is 5.70. The number of rotatable bonds is 7. The maximum atomic E-state index is 10.9. The van der Waals surface area contributed by atoms with E-state index >= 15 is 0 Å². The Labute approximate surface area is 119 Å². The van der Waals surface area contributed by atoms with Gasteiger partial charge in [0.25, 0.3) is 0 Å². The van der Waals surface area contributed by atoms with Gasteiger partial charge in [-0.15, -0.1) is 0 Å². The third kappa shape index (κ3) is 4.00. The SMILES string of the molecule is CCCCNCc1ccc(N2CCC(C(=O)O)CC2)o1. The molecule has 20 heavy (non-hydrogen) atoms. The third-order valence-electron chi connectivity index (χ3n) is 3.81. The van der Waals surface area contributed by atoms with Crippen molar-refractivity contribution in [2.45, 2.75) is 39.2 Å². The van der Waals surface area contributed by atoms with Crippen molar-refractivity contribution in [3.8, 4) is 0 Å². The minimum atomic E-state index is -0.676.